The van der Waals surface area contributed by atoms with E-state index in [1.807, 2.05) is 18.6 Å². The monoisotopic (exact) mass is 274 g/mol. The first kappa shape index (κ1) is 14.5. The number of pyridine rings is 1. The molecular formula is C15H22N4O. The lowest BCUT2D eigenvalue weighted by atomic mass is 10.2. The normalized spacial score (nSPS) is 11.2. The van der Waals surface area contributed by atoms with E-state index in [2.05, 4.69) is 28.4 Å². The van der Waals surface area contributed by atoms with Gasteiger partial charge >= 0.3 is 0 Å². The Morgan fingerprint density at radius 3 is 2.85 bits per heavy atom. The quantitative estimate of drug-likeness (QED) is 0.788. The number of rotatable bonds is 7. The lowest BCUT2D eigenvalue weighted by molar-refractivity contribution is 0.105. The number of aryl methyl sites for hydroxylation is 1. The van der Waals surface area contributed by atoms with Crippen molar-refractivity contribution < 1.29 is 4.74 Å². The van der Waals surface area contributed by atoms with Gasteiger partial charge in [0.15, 0.2) is 0 Å². The molecule has 0 atom stereocenters. The average Bonchev–Trinajstić information content (AvgIpc) is 2.87. The fourth-order valence-electron chi connectivity index (χ4n) is 1.95. The molecule has 0 aliphatic carbocycles. The third kappa shape index (κ3) is 4.06. The number of nitrogens with zero attached hydrogens (tertiary/aromatic N) is 3. The summed E-state index contributed by atoms with van der Waals surface area (Å²) in [7, 11) is 0. The highest BCUT2D eigenvalue weighted by molar-refractivity contribution is 5.59. The third-order valence-corrected chi connectivity index (χ3v) is 2.93. The van der Waals surface area contributed by atoms with Crippen molar-refractivity contribution in [2.45, 2.75) is 26.8 Å². The average molecular weight is 274 g/mol. The minimum Gasteiger partial charge on any atom is -0.384 e. The molecule has 5 heteroatoms. The van der Waals surface area contributed by atoms with E-state index in [4.69, 9.17) is 10.5 Å². The highest BCUT2D eigenvalue weighted by Crippen LogP contribution is 2.18. The van der Waals surface area contributed by atoms with Crippen molar-refractivity contribution in [3.63, 3.8) is 0 Å². The molecule has 0 unspecified atom stereocenters. The minimum absolute atomic E-state index is 0.530. The van der Waals surface area contributed by atoms with Gasteiger partial charge in [-0.15, -0.1) is 0 Å². The van der Waals surface area contributed by atoms with Crippen LogP contribution in [0.4, 0.5) is 5.82 Å². The zero-order valence-electron chi connectivity index (χ0n) is 12.1. The molecule has 0 aliphatic rings. The van der Waals surface area contributed by atoms with Crippen LogP contribution in [0.25, 0.3) is 11.3 Å². The molecular weight excluding hydrogens is 252 g/mol. The van der Waals surface area contributed by atoms with Crippen LogP contribution < -0.4 is 5.73 Å². The minimum atomic E-state index is 0.530. The Bertz CT molecular complexity index is 519. The van der Waals surface area contributed by atoms with Crippen molar-refractivity contribution in [2.75, 3.05) is 18.9 Å². The van der Waals surface area contributed by atoms with Gasteiger partial charge in [0.05, 0.1) is 18.2 Å². The molecule has 0 aliphatic heterocycles. The van der Waals surface area contributed by atoms with Crippen molar-refractivity contribution in [1.82, 2.24) is 14.5 Å². The number of imidazole rings is 1. The van der Waals surface area contributed by atoms with E-state index in [0.717, 1.165) is 37.4 Å². The number of nitrogens with two attached hydrogens (primary N) is 1. The zero-order chi connectivity index (χ0) is 14.4. The third-order valence-electron chi connectivity index (χ3n) is 2.93. The number of ether oxygens (including phenoxy) is 1. The van der Waals surface area contributed by atoms with Gasteiger partial charge in [0.25, 0.3) is 0 Å². The van der Waals surface area contributed by atoms with Gasteiger partial charge in [0, 0.05) is 31.5 Å². The summed E-state index contributed by atoms with van der Waals surface area (Å²) in [5.41, 5.74) is 7.69. The summed E-state index contributed by atoms with van der Waals surface area (Å²) >= 11 is 0. The highest BCUT2D eigenvalue weighted by Gasteiger charge is 2.05. The van der Waals surface area contributed by atoms with Gasteiger partial charge in [-0.2, -0.15) is 0 Å². The number of aromatic nitrogens is 3. The van der Waals surface area contributed by atoms with Gasteiger partial charge in [0.2, 0.25) is 0 Å². The van der Waals surface area contributed by atoms with Crippen LogP contribution in [0.1, 0.15) is 20.3 Å². The summed E-state index contributed by atoms with van der Waals surface area (Å²) in [4.78, 5) is 8.33. The van der Waals surface area contributed by atoms with Crippen LogP contribution in [0.15, 0.2) is 30.9 Å². The van der Waals surface area contributed by atoms with Crippen LogP contribution >= 0.6 is 0 Å². The lowest BCUT2D eigenvalue weighted by Gasteiger charge is -2.09. The molecule has 0 fully saturated rings. The van der Waals surface area contributed by atoms with Gasteiger partial charge in [-0.05, 0) is 24.5 Å². The Morgan fingerprint density at radius 2 is 2.15 bits per heavy atom. The van der Waals surface area contributed by atoms with Gasteiger partial charge < -0.3 is 15.0 Å². The summed E-state index contributed by atoms with van der Waals surface area (Å²) in [6.45, 7) is 6.79. The maximum absolute atomic E-state index is 5.61. The molecule has 0 spiro atoms. The van der Waals surface area contributed by atoms with E-state index in [1.165, 1.54) is 0 Å². The molecule has 0 bridgehead atoms. The summed E-state index contributed by atoms with van der Waals surface area (Å²) < 4.78 is 7.71. The smallest absolute Gasteiger partial charge is 0.123 e. The molecule has 0 saturated carbocycles. The summed E-state index contributed by atoms with van der Waals surface area (Å²) in [6.07, 6.45) is 6.44. The van der Waals surface area contributed by atoms with E-state index in [0.29, 0.717) is 11.7 Å². The molecule has 0 saturated heterocycles. The molecule has 2 aromatic rings. The lowest BCUT2D eigenvalue weighted by Crippen LogP contribution is -2.06. The van der Waals surface area contributed by atoms with E-state index >= 15 is 0 Å². The largest absolute Gasteiger partial charge is 0.384 e. The zero-order valence-corrected chi connectivity index (χ0v) is 12.1. The van der Waals surface area contributed by atoms with Crippen molar-refractivity contribution in [2.24, 2.45) is 5.92 Å². The van der Waals surface area contributed by atoms with Crippen LogP contribution in [-0.2, 0) is 11.3 Å². The van der Waals surface area contributed by atoms with Crippen LogP contribution in [0.2, 0.25) is 0 Å². The predicted molar refractivity (Wildman–Crippen MR) is 80.1 cm³/mol. The molecule has 0 aromatic carbocycles. The number of hydrogen-bond acceptors (Lipinski definition) is 4. The molecule has 2 rings (SSSR count). The molecule has 2 aromatic heterocycles. The SMILES string of the molecule is CC(C)COCCCn1cncc1-c1ccc(N)nc1. The second-order valence-corrected chi connectivity index (χ2v) is 5.27. The highest BCUT2D eigenvalue weighted by atomic mass is 16.5. The van der Waals surface area contributed by atoms with E-state index in [-0.39, 0.29) is 0 Å². The predicted octanol–water partition coefficient (Wildman–Crippen LogP) is 2.59. The van der Waals surface area contributed by atoms with E-state index in [9.17, 15) is 0 Å². The number of nitrogen functional groups attached to an aromatic ring is 1. The van der Waals surface area contributed by atoms with E-state index < -0.39 is 0 Å². The summed E-state index contributed by atoms with van der Waals surface area (Å²) in [6, 6.07) is 3.77. The molecule has 0 radical (unpaired) electrons. The Balaban J connectivity index is 1.90. The summed E-state index contributed by atoms with van der Waals surface area (Å²) in [5, 5.41) is 0. The van der Waals surface area contributed by atoms with Crippen LogP contribution in [0, 0.1) is 5.92 Å². The second-order valence-electron chi connectivity index (χ2n) is 5.27. The topological polar surface area (TPSA) is 66.0 Å². The van der Waals surface area contributed by atoms with Gasteiger partial charge in [-0.1, -0.05) is 13.8 Å². The van der Waals surface area contributed by atoms with Crippen molar-refractivity contribution in [1.29, 1.82) is 0 Å². The Kier molecular flexibility index (Phi) is 5.12. The van der Waals surface area contributed by atoms with Gasteiger partial charge in [-0.3, -0.25) is 0 Å². The van der Waals surface area contributed by atoms with Gasteiger partial charge in [0.1, 0.15) is 5.82 Å². The Labute approximate surface area is 119 Å². The van der Waals surface area contributed by atoms with Crippen molar-refractivity contribution >= 4 is 5.82 Å². The second kappa shape index (κ2) is 7.05. The standard InChI is InChI=1S/C15H22N4O/c1-12(2)10-20-7-3-6-19-11-17-9-14(19)13-4-5-15(16)18-8-13/h4-5,8-9,11-12H,3,6-7,10H2,1-2H3,(H2,16,18). The van der Waals surface area contributed by atoms with Crippen LogP contribution in [0.3, 0.4) is 0 Å². The molecule has 0 amide bonds. The van der Waals surface area contributed by atoms with Crippen molar-refractivity contribution in [3.05, 3.63) is 30.9 Å². The van der Waals surface area contributed by atoms with Gasteiger partial charge in [-0.25, -0.2) is 9.97 Å². The number of hydrogen-bond donors (Lipinski definition) is 1. The first-order chi connectivity index (χ1) is 9.66. The van der Waals surface area contributed by atoms with Crippen LogP contribution in [0.5, 0.6) is 0 Å². The van der Waals surface area contributed by atoms with Crippen molar-refractivity contribution in [3.8, 4) is 11.3 Å². The molecule has 108 valence electrons. The Morgan fingerprint density at radius 1 is 1.30 bits per heavy atom. The maximum Gasteiger partial charge on any atom is 0.123 e. The fourth-order valence-corrected chi connectivity index (χ4v) is 1.95. The number of anilines is 1. The molecule has 20 heavy (non-hydrogen) atoms. The maximum atomic E-state index is 5.61. The Hall–Kier alpha value is -1.88. The molecule has 5 nitrogen and oxygen atoms in total. The fraction of sp³-hybridized carbons (Fsp3) is 0.467. The van der Waals surface area contributed by atoms with E-state index in [1.54, 1.807) is 12.3 Å². The molecule has 2 N–H and O–H groups in total. The first-order valence-corrected chi connectivity index (χ1v) is 6.96. The molecule has 2 heterocycles. The first-order valence-electron chi connectivity index (χ1n) is 6.96. The van der Waals surface area contributed by atoms with Crippen LogP contribution in [-0.4, -0.2) is 27.7 Å². The summed E-state index contributed by atoms with van der Waals surface area (Å²) in [5.74, 6) is 1.11.